The number of carbonyl (C=O) groups excluding carboxylic acids is 1. The first-order valence-electron chi connectivity index (χ1n) is 8.43. The number of nitro groups is 1. The van der Waals surface area contributed by atoms with Crippen LogP contribution in [0.15, 0.2) is 48.5 Å². The first-order valence-corrected chi connectivity index (χ1v) is 8.43. The maximum atomic E-state index is 13.0. The van der Waals surface area contributed by atoms with E-state index in [1.807, 2.05) is 6.07 Å². The van der Waals surface area contributed by atoms with E-state index in [0.717, 1.165) is 0 Å². The fourth-order valence-electron chi connectivity index (χ4n) is 3.21. The zero-order chi connectivity index (χ0) is 19.6. The van der Waals surface area contributed by atoms with Crippen LogP contribution in [0.2, 0.25) is 0 Å². The van der Waals surface area contributed by atoms with Crippen LogP contribution in [0.3, 0.4) is 0 Å². The van der Waals surface area contributed by atoms with Crippen molar-refractivity contribution in [2.75, 3.05) is 6.54 Å². The van der Waals surface area contributed by atoms with Gasteiger partial charge in [0.15, 0.2) is 0 Å². The van der Waals surface area contributed by atoms with E-state index in [0.29, 0.717) is 12.2 Å². The molecule has 8 heteroatoms. The van der Waals surface area contributed by atoms with Gasteiger partial charge in [0, 0.05) is 24.7 Å². The number of nitrogens with zero attached hydrogens (tertiary/aromatic N) is 2. The van der Waals surface area contributed by atoms with Gasteiger partial charge in [-0.25, -0.2) is 0 Å². The number of nitro benzene ring substituents is 1. The van der Waals surface area contributed by atoms with Crippen molar-refractivity contribution in [1.29, 1.82) is 0 Å². The average Bonchev–Trinajstić information content (AvgIpc) is 3.04. The second-order valence-electron chi connectivity index (χ2n) is 6.33. The van der Waals surface area contributed by atoms with Gasteiger partial charge in [-0.05, 0) is 31.5 Å². The lowest BCUT2D eigenvalue weighted by atomic mass is 10.0. The molecule has 1 saturated heterocycles. The van der Waals surface area contributed by atoms with Crippen LogP contribution >= 0.6 is 0 Å². The second kappa shape index (κ2) is 7.45. The van der Waals surface area contributed by atoms with Crippen LogP contribution in [0, 0.1) is 16.0 Å². The van der Waals surface area contributed by atoms with Crippen LogP contribution in [0.4, 0.5) is 5.69 Å². The second-order valence-corrected chi connectivity index (χ2v) is 6.33. The highest BCUT2D eigenvalue weighted by Crippen LogP contribution is 2.33. The number of likely N-dealkylation sites (tertiary alicyclic amines) is 1. The lowest BCUT2D eigenvalue weighted by molar-refractivity contribution is -0.384. The minimum absolute atomic E-state index is 0.0333. The smallest absolute Gasteiger partial charge is 0.308 e. The Hall–Kier alpha value is -3.42. The van der Waals surface area contributed by atoms with Crippen molar-refractivity contribution in [2.24, 2.45) is 5.92 Å². The summed E-state index contributed by atoms with van der Waals surface area (Å²) in [6.07, 6.45) is 0.339. The van der Waals surface area contributed by atoms with Gasteiger partial charge in [0.2, 0.25) is 0 Å². The number of carboxylic acids is 1. The zero-order valence-electron chi connectivity index (χ0n) is 14.6. The molecule has 2 aromatic carbocycles. The molecule has 1 fully saturated rings. The number of benzene rings is 2. The van der Waals surface area contributed by atoms with Gasteiger partial charge in [-0.3, -0.25) is 19.7 Å². The molecule has 140 valence electrons. The Bertz CT molecular complexity index is 883. The SMILES string of the molecule is CC1C(C(=O)O)CCN1C(=O)c1cc([N+](=O)[O-])ccc1Oc1ccccc1. The molecule has 1 aliphatic rings. The first kappa shape index (κ1) is 18.4. The summed E-state index contributed by atoms with van der Waals surface area (Å²) in [5.74, 6) is -1.44. The summed E-state index contributed by atoms with van der Waals surface area (Å²) in [7, 11) is 0. The molecule has 27 heavy (non-hydrogen) atoms. The number of aliphatic carboxylic acids is 1. The van der Waals surface area contributed by atoms with E-state index < -0.39 is 28.8 Å². The summed E-state index contributed by atoms with van der Waals surface area (Å²) in [6, 6.07) is 12.1. The number of amides is 1. The van der Waals surface area contributed by atoms with Gasteiger partial charge in [-0.1, -0.05) is 18.2 Å². The molecule has 1 N–H and O–H groups in total. The Morgan fingerprint density at radius 2 is 1.93 bits per heavy atom. The molecule has 0 aliphatic carbocycles. The van der Waals surface area contributed by atoms with Gasteiger partial charge in [-0.15, -0.1) is 0 Å². The molecule has 0 aromatic heterocycles. The Morgan fingerprint density at radius 1 is 1.22 bits per heavy atom. The number of carbonyl (C=O) groups is 2. The van der Waals surface area contributed by atoms with Gasteiger partial charge in [0.1, 0.15) is 11.5 Å². The number of para-hydroxylation sites is 1. The first-order chi connectivity index (χ1) is 12.9. The van der Waals surface area contributed by atoms with E-state index in [-0.39, 0.29) is 23.5 Å². The molecule has 0 saturated carbocycles. The molecule has 8 nitrogen and oxygen atoms in total. The molecule has 0 spiro atoms. The number of rotatable bonds is 5. The third-order valence-corrected chi connectivity index (χ3v) is 4.71. The summed E-state index contributed by atoms with van der Waals surface area (Å²) < 4.78 is 5.75. The van der Waals surface area contributed by atoms with Crippen molar-refractivity contribution < 1.29 is 24.4 Å². The van der Waals surface area contributed by atoms with Crippen LogP contribution < -0.4 is 4.74 Å². The van der Waals surface area contributed by atoms with Crippen molar-refractivity contribution in [1.82, 2.24) is 4.90 Å². The molecular formula is C19H18N2O6. The molecule has 1 amide bonds. The van der Waals surface area contributed by atoms with E-state index >= 15 is 0 Å². The third kappa shape index (κ3) is 3.74. The van der Waals surface area contributed by atoms with E-state index in [1.165, 1.54) is 23.1 Å². The molecule has 1 aliphatic heterocycles. The third-order valence-electron chi connectivity index (χ3n) is 4.71. The molecule has 0 radical (unpaired) electrons. The quantitative estimate of drug-likeness (QED) is 0.638. The van der Waals surface area contributed by atoms with Gasteiger partial charge in [-0.2, -0.15) is 0 Å². The van der Waals surface area contributed by atoms with Crippen molar-refractivity contribution in [3.63, 3.8) is 0 Å². The zero-order valence-corrected chi connectivity index (χ0v) is 14.6. The van der Waals surface area contributed by atoms with Crippen molar-refractivity contribution in [3.8, 4) is 11.5 Å². The Morgan fingerprint density at radius 3 is 2.52 bits per heavy atom. The number of hydrogen-bond donors (Lipinski definition) is 1. The van der Waals surface area contributed by atoms with Crippen molar-refractivity contribution >= 4 is 17.6 Å². The summed E-state index contributed by atoms with van der Waals surface area (Å²) >= 11 is 0. The summed E-state index contributed by atoms with van der Waals surface area (Å²) in [5, 5.41) is 20.4. The Kier molecular flexibility index (Phi) is 5.07. The summed E-state index contributed by atoms with van der Waals surface area (Å²) in [4.78, 5) is 36.3. The standard InChI is InChI=1S/C19H18N2O6/c1-12-15(19(23)24)9-10-20(12)18(22)16-11-13(21(25)26)7-8-17(16)27-14-5-3-2-4-6-14/h2-8,11-12,15H,9-10H2,1H3,(H,23,24). The number of ether oxygens (including phenoxy) is 1. The summed E-state index contributed by atoms with van der Waals surface area (Å²) in [5.41, 5.74) is -0.202. The van der Waals surface area contributed by atoms with Crippen molar-refractivity contribution in [3.05, 3.63) is 64.2 Å². The van der Waals surface area contributed by atoms with Crippen molar-refractivity contribution in [2.45, 2.75) is 19.4 Å². The molecule has 2 unspecified atom stereocenters. The normalized spacial score (nSPS) is 18.9. The average molecular weight is 370 g/mol. The minimum Gasteiger partial charge on any atom is -0.481 e. The maximum Gasteiger partial charge on any atom is 0.308 e. The lowest BCUT2D eigenvalue weighted by Gasteiger charge is -2.24. The van der Waals surface area contributed by atoms with Crippen LogP contribution in [-0.4, -0.2) is 39.4 Å². The number of hydrogen-bond acceptors (Lipinski definition) is 5. The molecular weight excluding hydrogens is 352 g/mol. The predicted octanol–water partition coefficient (Wildman–Crippen LogP) is 3.32. The van der Waals surface area contributed by atoms with Crippen LogP contribution in [0.5, 0.6) is 11.5 Å². The van der Waals surface area contributed by atoms with E-state index in [2.05, 4.69) is 0 Å². The molecule has 2 atom stereocenters. The summed E-state index contributed by atoms with van der Waals surface area (Å²) in [6.45, 7) is 1.93. The fraction of sp³-hybridized carbons (Fsp3) is 0.263. The lowest BCUT2D eigenvalue weighted by Crippen LogP contribution is -2.37. The highest BCUT2D eigenvalue weighted by Gasteiger charge is 2.39. The molecule has 2 aromatic rings. The van der Waals surface area contributed by atoms with Crippen LogP contribution in [0.25, 0.3) is 0 Å². The van der Waals surface area contributed by atoms with Crippen LogP contribution in [0.1, 0.15) is 23.7 Å². The highest BCUT2D eigenvalue weighted by atomic mass is 16.6. The Balaban J connectivity index is 1.96. The van der Waals surface area contributed by atoms with Gasteiger partial charge < -0.3 is 14.7 Å². The number of carboxylic acid groups (broad SMARTS) is 1. The van der Waals surface area contributed by atoms with Crippen LogP contribution in [-0.2, 0) is 4.79 Å². The van der Waals surface area contributed by atoms with E-state index in [1.54, 1.807) is 31.2 Å². The van der Waals surface area contributed by atoms with Gasteiger partial charge in [0.05, 0.1) is 16.4 Å². The minimum atomic E-state index is -0.961. The topological polar surface area (TPSA) is 110 Å². The van der Waals surface area contributed by atoms with E-state index in [9.17, 15) is 24.8 Å². The van der Waals surface area contributed by atoms with E-state index in [4.69, 9.17) is 4.74 Å². The predicted molar refractivity (Wildman–Crippen MR) is 95.9 cm³/mol. The highest BCUT2D eigenvalue weighted by molar-refractivity contribution is 5.98. The molecule has 0 bridgehead atoms. The molecule has 1 heterocycles. The molecule has 3 rings (SSSR count). The number of non-ortho nitro benzene ring substituents is 1. The van der Waals surface area contributed by atoms with Gasteiger partial charge in [0.25, 0.3) is 11.6 Å². The Labute approximate surface area is 155 Å². The monoisotopic (exact) mass is 370 g/mol. The van der Waals surface area contributed by atoms with Gasteiger partial charge >= 0.3 is 5.97 Å². The maximum absolute atomic E-state index is 13.0. The largest absolute Gasteiger partial charge is 0.481 e. The fourth-order valence-corrected chi connectivity index (χ4v) is 3.21.